The van der Waals surface area contributed by atoms with Gasteiger partial charge >= 0.3 is 0 Å². The lowest BCUT2D eigenvalue weighted by Crippen LogP contribution is -2.22. The molecule has 1 aliphatic rings. The minimum Gasteiger partial charge on any atom is -0.345 e. The van der Waals surface area contributed by atoms with E-state index >= 15 is 0 Å². The Bertz CT molecular complexity index is 144. The van der Waals surface area contributed by atoms with Crippen molar-refractivity contribution < 1.29 is 4.79 Å². The van der Waals surface area contributed by atoms with E-state index in [0.29, 0.717) is 11.8 Å². The van der Waals surface area contributed by atoms with Crippen LogP contribution in [0.4, 0.5) is 0 Å². The van der Waals surface area contributed by atoms with E-state index < -0.39 is 0 Å². The summed E-state index contributed by atoms with van der Waals surface area (Å²) in [4.78, 5) is 13.2. The van der Waals surface area contributed by atoms with Crippen molar-refractivity contribution in [2.24, 2.45) is 5.92 Å². The summed E-state index contributed by atoms with van der Waals surface area (Å²) in [7, 11) is 1.90. The zero-order valence-electron chi connectivity index (χ0n) is 7.47. The standard InChI is InChI=1S/C9H17NO/c1-3-4-5-8-6-7-10(2)9(8)11/h8H,3-7H2,1-2H3. The molecule has 2 nitrogen and oxygen atoms in total. The van der Waals surface area contributed by atoms with Crippen LogP contribution in [0, 0.1) is 5.92 Å². The Morgan fingerprint density at radius 2 is 2.36 bits per heavy atom. The van der Waals surface area contributed by atoms with Gasteiger partial charge in [0.1, 0.15) is 0 Å². The van der Waals surface area contributed by atoms with E-state index in [2.05, 4.69) is 6.92 Å². The number of hydrogen-bond donors (Lipinski definition) is 0. The maximum atomic E-state index is 11.3. The zero-order valence-corrected chi connectivity index (χ0v) is 7.47. The molecular weight excluding hydrogens is 138 g/mol. The molecule has 0 bridgehead atoms. The molecule has 1 saturated heterocycles. The van der Waals surface area contributed by atoms with Gasteiger partial charge in [0.2, 0.25) is 5.91 Å². The van der Waals surface area contributed by atoms with Crippen molar-refractivity contribution in [3.63, 3.8) is 0 Å². The van der Waals surface area contributed by atoms with Crippen LogP contribution >= 0.6 is 0 Å². The number of amides is 1. The summed E-state index contributed by atoms with van der Waals surface area (Å²) in [5.41, 5.74) is 0. The molecule has 64 valence electrons. The quantitative estimate of drug-likeness (QED) is 0.607. The van der Waals surface area contributed by atoms with E-state index in [4.69, 9.17) is 0 Å². The number of rotatable bonds is 3. The molecule has 0 aromatic carbocycles. The molecule has 0 aromatic rings. The summed E-state index contributed by atoms with van der Waals surface area (Å²) in [6.45, 7) is 3.14. The Labute approximate surface area is 68.6 Å². The van der Waals surface area contributed by atoms with Crippen LogP contribution in [-0.4, -0.2) is 24.4 Å². The number of carbonyl (C=O) groups is 1. The van der Waals surface area contributed by atoms with Gasteiger partial charge < -0.3 is 4.90 Å². The first kappa shape index (κ1) is 8.57. The van der Waals surface area contributed by atoms with Crippen LogP contribution in [0.15, 0.2) is 0 Å². The van der Waals surface area contributed by atoms with Gasteiger partial charge in [0.25, 0.3) is 0 Å². The molecule has 1 unspecified atom stereocenters. The van der Waals surface area contributed by atoms with Crippen LogP contribution in [0.3, 0.4) is 0 Å². The third-order valence-corrected chi connectivity index (χ3v) is 2.44. The van der Waals surface area contributed by atoms with Crippen molar-refractivity contribution in [2.45, 2.75) is 32.6 Å². The average molecular weight is 155 g/mol. The first-order valence-electron chi connectivity index (χ1n) is 4.50. The number of hydrogen-bond acceptors (Lipinski definition) is 1. The van der Waals surface area contributed by atoms with Gasteiger partial charge in [-0.15, -0.1) is 0 Å². The van der Waals surface area contributed by atoms with Crippen LogP contribution < -0.4 is 0 Å². The summed E-state index contributed by atoms with van der Waals surface area (Å²) >= 11 is 0. The highest BCUT2D eigenvalue weighted by atomic mass is 16.2. The second-order valence-corrected chi connectivity index (χ2v) is 3.39. The van der Waals surface area contributed by atoms with Gasteiger partial charge in [-0.2, -0.15) is 0 Å². The number of unbranched alkanes of at least 4 members (excludes halogenated alkanes) is 1. The van der Waals surface area contributed by atoms with Crippen molar-refractivity contribution in [3.05, 3.63) is 0 Å². The fraction of sp³-hybridized carbons (Fsp3) is 0.889. The third kappa shape index (κ3) is 1.95. The molecule has 0 spiro atoms. The molecule has 0 aromatic heterocycles. The maximum Gasteiger partial charge on any atom is 0.225 e. The lowest BCUT2D eigenvalue weighted by atomic mass is 10.0. The second kappa shape index (κ2) is 3.74. The Hall–Kier alpha value is -0.530. The SMILES string of the molecule is CCCCC1CCN(C)C1=O. The van der Waals surface area contributed by atoms with E-state index in [0.717, 1.165) is 19.4 Å². The number of likely N-dealkylation sites (tertiary alicyclic amines) is 1. The third-order valence-electron chi connectivity index (χ3n) is 2.44. The Kier molecular flexibility index (Phi) is 2.92. The van der Waals surface area contributed by atoms with E-state index in [-0.39, 0.29) is 0 Å². The molecule has 0 aliphatic carbocycles. The smallest absolute Gasteiger partial charge is 0.225 e. The zero-order chi connectivity index (χ0) is 8.27. The van der Waals surface area contributed by atoms with Crippen molar-refractivity contribution in [1.82, 2.24) is 4.90 Å². The van der Waals surface area contributed by atoms with Gasteiger partial charge in [-0.3, -0.25) is 4.79 Å². The first-order chi connectivity index (χ1) is 5.25. The molecule has 1 amide bonds. The molecule has 0 saturated carbocycles. The van der Waals surface area contributed by atoms with Crippen LogP contribution in [0.1, 0.15) is 32.6 Å². The largest absolute Gasteiger partial charge is 0.345 e. The van der Waals surface area contributed by atoms with Crippen molar-refractivity contribution in [2.75, 3.05) is 13.6 Å². The van der Waals surface area contributed by atoms with Crippen molar-refractivity contribution >= 4 is 5.91 Å². The molecule has 1 heterocycles. The Morgan fingerprint density at radius 3 is 2.82 bits per heavy atom. The molecular formula is C9H17NO. The predicted molar refractivity (Wildman–Crippen MR) is 45.3 cm³/mol. The summed E-state index contributed by atoms with van der Waals surface area (Å²) in [6.07, 6.45) is 4.58. The van der Waals surface area contributed by atoms with E-state index in [9.17, 15) is 4.79 Å². The van der Waals surface area contributed by atoms with Crippen LogP contribution in [0.2, 0.25) is 0 Å². The monoisotopic (exact) mass is 155 g/mol. The van der Waals surface area contributed by atoms with Crippen molar-refractivity contribution in [1.29, 1.82) is 0 Å². The molecule has 0 N–H and O–H groups in total. The van der Waals surface area contributed by atoms with Crippen molar-refractivity contribution in [3.8, 4) is 0 Å². The summed E-state index contributed by atoms with van der Waals surface area (Å²) < 4.78 is 0. The second-order valence-electron chi connectivity index (χ2n) is 3.39. The van der Waals surface area contributed by atoms with Crippen LogP contribution in [-0.2, 0) is 4.79 Å². The van der Waals surface area contributed by atoms with Gasteiger partial charge in [-0.25, -0.2) is 0 Å². The summed E-state index contributed by atoms with van der Waals surface area (Å²) in [5, 5.41) is 0. The van der Waals surface area contributed by atoms with E-state index in [1.54, 1.807) is 0 Å². The Balaban J connectivity index is 2.30. The topological polar surface area (TPSA) is 20.3 Å². The van der Waals surface area contributed by atoms with Gasteiger partial charge in [0.05, 0.1) is 0 Å². The molecule has 11 heavy (non-hydrogen) atoms. The molecule has 1 aliphatic heterocycles. The van der Waals surface area contributed by atoms with Gasteiger partial charge in [0.15, 0.2) is 0 Å². The summed E-state index contributed by atoms with van der Waals surface area (Å²) in [6, 6.07) is 0. The average Bonchev–Trinajstić information content (AvgIpc) is 2.31. The lowest BCUT2D eigenvalue weighted by molar-refractivity contribution is -0.130. The lowest BCUT2D eigenvalue weighted by Gasteiger charge is -2.08. The molecule has 1 fully saturated rings. The van der Waals surface area contributed by atoms with E-state index in [1.807, 2.05) is 11.9 Å². The highest BCUT2D eigenvalue weighted by molar-refractivity contribution is 5.80. The first-order valence-corrected chi connectivity index (χ1v) is 4.50. The van der Waals surface area contributed by atoms with Crippen LogP contribution in [0.25, 0.3) is 0 Å². The van der Waals surface area contributed by atoms with Gasteiger partial charge in [0, 0.05) is 19.5 Å². The maximum absolute atomic E-state index is 11.3. The molecule has 1 atom stereocenters. The predicted octanol–water partition coefficient (Wildman–Crippen LogP) is 1.65. The van der Waals surface area contributed by atoms with Crippen LogP contribution in [0.5, 0.6) is 0 Å². The molecule has 2 heteroatoms. The Morgan fingerprint density at radius 1 is 1.64 bits per heavy atom. The number of nitrogens with zero attached hydrogens (tertiary/aromatic N) is 1. The minimum absolute atomic E-state index is 0.347. The minimum atomic E-state index is 0.347. The number of carbonyl (C=O) groups excluding carboxylic acids is 1. The van der Waals surface area contributed by atoms with Gasteiger partial charge in [-0.1, -0.05) is 19.8 Å². The fourth-order valence-corrected chi connectivity index (χ4v) is 1.61. The molecule has 0 radical (unpaired) electrons. The van der Waals surface area contributed by atoms with Gasteiger partial charge in [-0.05, 0) is 12.8 Å². The summed E-state index contributed by atoms with van der Waals surface area (Å²) in [5.74, 6) is 0.707. The highest BCUT2D eigenvalue weighted by Gasteiger charge is 2.27. The van der Waals surface area contributed by atoms with E-state index in [1.165, 1.54) is 12.8 Å². The molecule has 1 rings (SSSR count). The normalized spacial score (nSPS) is 24.7. The highest BCUT2D eigenvalue weighted by Crippen LogP contribution is 2.21. The fourth-order valence-electron chi connectivity index (χ4n) is 1.61.